The van der Waals surface area contributed by atoms with Crippen molar-refractivity contribution in [2.45, 2.75) is 50.0 Å². The predicted molar refractivity (Wildman–Crippen MR) is 84.1 cm³/mol. The highest BCUT2D eigenvalue weighted by Crippen LogP contribution is 2.30. The Morgan fingerprint density at radius 2 is 1.91 bits per heavy atom. The van der Waals surface area contributed by atoms with Crippen molar-refractivity contribution in [2.75, 3.05) is 0 Å². The lowest BCUT2D eigenvalue weighted by molar-refractivity contribution is -0.137. The lowest BCUT2D eigenvalue weighted by Crippen LogP contribution is -2.05. The number of unbranched alkanes of at least 4 members (excludes halogenated alkanes) is 1. The van der Waals surface area contributed by atoms with Crippen molar-refractivity contribution in [1.29, 1.82) is 0 Å². The fourth-order valence-electron chi connectivity index (χ4n) is 2.13. The van der Waals surface area contributed by atoms with Crippen LogP contribution in [-0.4, -0.2) is 14.7 Å². The van der Waals surface area contributed by atoms with E-state index in [0.717, 1.165) is 47.9 Å². The van der Waals surface area contributed by atoms with Gasteiger partial charge in [0, 0.05) is 12.3 Å². The third kappa shape index (κ3) is 4.75. The number of nitrogens with zero attached hydrogens (tertiary/aromatic N) is 2. The number of hydrogen-bond acceptors (Lipinski definition) is 3. The minimum absolute atomic E-state index is 0.0719. The van der Waals surface area contributed by atoms with Gasteiger partial charge in [-0.25, -0.2) is 4.98 Å². The first-order valence-electron chi connectivity index (χ1n) is 7.40. The molecular weight excluding hydrogens is 325 g/mol. The molecule has 2 rings (SSSR count). The van der Waals surface area contributed by atoms with Gasteiger partial charge < -0.3 is 9.67 Å². The number of hydrogen-bond donors (Lipinski definition) is 1. The molecule has 0 saturated heterocycles. The first-order chi connectivity index (χ1) is 11.0. The summed E-state index contributed by atoms with van der Waals surface area (Å²) in [6, 6.07) is 5.17. The lowest BCUT2D eigenvalue weighted by Gasteiger charge is -2.10. The Bertz CT molecular complexity index is 623. The number of imidazole rings is 1. The number of aromatic nitrogens is 2. The molecule has 23 heavy (non-hydrogen) atoms. The summed E-state index contributed by atoms with van der Waals surface area (Å²) in [5.74, 6) is 0.534. The van der Waals surface area contributed by atoms with Gasteiger partial charge in [-0.1, -0.05) is 37.2 Å². The maximum absolute atomic E-state index is 12.5. The number of rotatable bonds is 7. The first-order valence-corrected chi connectivity index (χ1v) is 8.38. The molecule has 1 N–H and O–H groups in total. The van der Waals surface area contributed by atoms with Crippen LogP contribution in [0.2, 0.25) is 0 Å². The maximum atomic E-state index is 12.5. The van der Waals surface area contributed by atoms with Gasteiger partial charge in [-0.2, -0.15) is 13.2 Å². The number of benzene rings is 1. The van der Waals surface area contributed by atoms with Crippen LogP contribution in [0.1, 0.15) is 36.6 Å². The minimum atomic E-state index is -4.31. The average Bonchev–Trinajstić information content (AvgIpc) is 2.92. The molecule has 126 valence electrons. The van der Waals surface area contributed by atoms with E-state index < -0.39 is 11.7 Å². The molecule has 0 amide bonds. The Kier molecular flexibility index (Phi) is 6.12. The van der Waals surface area contributed by atoms with Crippen LogP contribution in [-0.2, 0) is 25.1 Å². The molecule has 0 radical (unpaired) electrons. The van der Waals surface area contributed by atoms with E-state index in [0.29, 0.717) is 5.75 Å². The second kappa shape index (κ2) is 7.88. The number of aliphatic hydroxyl groups excluding tert-OH is 1. The van der Waals surface area contributed by atoms with E-state index in [1.807, 2.05) is 4.57 Å². The van der Waals surface area contributed by atoms with E-state index in [2.05, 4.69) is 11.9 Å². The van der Waals surface area contributed by atoms with E-state index >= 15 is 0 Å². The fraction of sp³-hybridized carbons (Fsp3) is 0.438. The molecule has 0 aliphatic heterocycles. The Hall–Kier alpha value is -1.47. The predicted octanol–water partition coefficient (Wildman–Crippen LogP) is 4.49. The van der Waals surface area contributed by atoms with Crippen molar-refractivity contribution in [1.82, 2.24) is 9.55 Å². The van der Waals surface area contributed by atoms with Crippen molar-refractivity contribution < 1.29 is 18.3 Å². The summed E-state index contributed by atoms with van der Waals surface area (Å²) in [5, 5.41) is 10.1. The molecule has 1 aromatic carbocycles. The largest absolute Gasteiger partial charge is 0.416 e. The summed E-state index contributed by atoms with van der Waals surface area (Å²) in [7, 11) is 0. The van der Waals surface area contributed by atoms with Crippen molar-refractivity contribution in [3.8, 4) is 0 Å². The molecule has 0 atom stereocenters. The third-order valence-electron chi connectivity index (χ3n) is 3.45. The molecule has 0 saturated carbocycles. The lowest BCUT2D eigenvalue weighted by atomic mass is 10.1. The zero-order valence-corrected chi connectivity index (χ0v) is 13.6. The van der Waals surface area contributed by atoms with Crippen LogP contribution in [0.3, 0.4) is 0 Å². The average molecular weight is 344 g/mol. The third-order valence-corrected chi connectivity index (χ3v) is 4.51. The van der Waals surface area contributed by atoms with Crippen molar-refractivity contribution >= 4 is 11.8 Å². The Morgan fingerprint density at radius 3 is 2.48 bits per heavy atom. The molecule has 0 unspecified atom stereocenters. The SMILES string of the molecule is CCCCn1c(CO)cnc1SCc1ccc(C(F)(F)F)cc1. The van der Waals surface area contributed by atoms with Gasteiger partial charge in [0.2, 0.25) is 0 Å². The van der Waals surface area contributed by atoms with Crippen LogP contribution < -0.4 is 0 Å². The molecule has 1 heterocycles. The normalized spacial score (nSPS) is 11.9. The van der Waals surface area contributed by atoms with Gasteiger partial charge in [0.1, 0.15) is 0 Å². The fourth-order valence-corrected chi connectivity index (χ4v) is 3.11. The van der Waals surface area contributed by atoms with E-state index in [1.54, 1.807) is 6.20 Å². The molecule has 0 bridgehead atoms. The van der Waals surface area contributed by atoms with Gasteiger partial charge in [-0.3, -0.25) is 0 Å². The van der Waals surface area contributed by atoms with Crippen LogP contribution in [0.15, 0.2) is 35.6 Å². The highest BCUT2D eigenvalue weighted by atomic mass is 32.2. The quantitative estimate of drug-likeness (QED) is 0.752. The van der Waals surface area contributed by atoms with Crippen LogP contribution in [0.25, 0.3) is 0 Å². The second-order valence-electron chi connectivity index (χ2n) is 5.18. The van der Waals surface area contributed by atoms with Gasteiger partial charge in [-0.05, 0) is 24.1 Å². The van der Waals surface area contributed by atoms with Crippen LogP contribution >= 0.6 is 11.8 Å². The summed E-state index contributed by atoms with van der Waals surface area (Å²) >= 11 is 1.46. The Labute approximate surface area is 137 Å². The highest BCUT2D eigenvalue weighted by Gasteiger charge is 2.29. The van der Waals surface area contributed by atoms with Crippen LogP contribution in [0, 0.1) is 0 Å². The standard InChI is InChI=1S/C16H19F3N2OS/c1-2-3-8-21-14(10-22)9-20-15(21)23-11-12-4-6-13(7-5-12)16(17,18)19/h4-7,9,22H,2-3,8,10-11H2,1H3. The minimum Gasteiger partial charge on any atom is -0.390 e. The summed E-state index contributed by atoms with van der Waals surface area (Å²) in [4.78, 5) is 4.30. The van der Waals surface area contributed by atoms with E-state index in [-0.39, 0.29) is 6.61 Å². The number of alkyl halides is 3. The van der Waals surface area contributed by atoms with Crippen LogP contribution in [0.4, 0.5) is 13.2 Å². The van der Waals surface area contributed by atoms with Gasteiger partial charge in [-0.15, -0.1) is 0 Å². The highest BCUT2D eigenvalue weighted by molar-refractivity contribution is 7.98. The van der Waals surface area contributed by atoms with E-state index in [1.165, 1.54) is 23.9 Å². The molecular formula is C16H19F3N2OS. The first kappa shape index (κ1) is 17.9. The summed E-state index contributed by atoms with van der Waals surface area (Å²) in [5.41, 5.74) is 0.922. The molecule has 0 spiro atoms. The topological polar surface area (TPSA) is 38.0 Å². The van der Waals surface area contributed by atoms with Crippen molar-refractivity contribution in [3.05, 3.63) is 47.3 Å². The van der Waals surface area contributed by atoms with Crippen molar-refractivity contribution in [3.63, 3.8) is 0 Å². The molecule has 0 aliphatic carbocycles. The molecule has 7 heteroatoms. The number of thioether (sulfide) groups is 1. The molecule has 1 aromatic heterocycles. The van der Waals surface area contributed by atoms with Crippen LogP contribution in [0.5, 0.6) is 0 Å². The molecule has 0 fully saturated rings. The monoisotopic (exact) mass is 344 g/mol. The zero-order valence-electron chi connectivity index (χ0n) is 12.8. The second-order valence-corrected chi connectivity index (χ2v) is 6.12. The summed E-state index contributed by atoms with van der Waals surface area (Å²) in [6.45, 7) is 2.80. The Morgan fingerprint density at radius 1 is 1.22 bits per heavy atom. The summed E-state index contributed by atoms with van der Waals surface area (Å²) < 4.78 is 39.6. The van der Waals surface area contributed by atoms with E-state index in [4.69, 9.17) is 0 Å². The smallest absolute Gasteiger partial charge is 0.390 e. The maximum Gasteiger partial charge on any atom is 0.416 e. The number of aliphatic hydroxyl groups is 1. The molecule has 2 aromatic rings. The zero-order chi connectivity index (χ0) is 16.9. The van der Waals surface area contributed by atoms with Crippen molar-refractivity contribution in [2.24, 2.45) is 0 Å². The summed E-state index contributed by atoms with van der Waals surface area (Å²) in [6.07, 6.45) is -0.647. The van der Waals surface area contributed by atoms with Gasteiger partial charge in [0.15, 0.2) is 5.16 Å². The van der Waals surface area contributed by atoms with Gasteiger partial charge in [0.25, 0.3) is 0 Å². The van der Waals surface area contributed by atoms with Gasteiger partial charge >= 0.3 is 6.18 Å². The van der Waals surface area contributed by atoms with Gasteiger partial charge in [0.05, 0.1) is 24.1 Å². The number of halogens is 3. The Balaban J connectivity index is 2.04. The van der Waals surface area contributed by atoms with E-state index in [9.17, 15) is 18.3 Å². The molecule has 0 aliphatic rings. The molecule has 3 nitrogen and oxygen atoms in total.